The zero-order valence-electron chi connectivity index (χ0n) is 16.2. The molecule has 1 heterocycles. The first-order valence-corrected chi connectivity index (χ1v) is 9.70. The molecule has 6 heteroatoms. The van der Waals surface area contributed by atoms with Crippen LogP contribution in [0.4, 0.5) is 11.8 Å². The summed E-state index contributed by atoms with van der Waals surface area (Å²) >= 11 is 0. The third-order valence-corrected chi connectivity index (χ3v) is 6.00. The molecule has 0 aliphatic heterocycles. The van der Waals surface area contributed by atoms with Gasteiger partial charge >= 0.3 is 0 Å². The average molecular weight is 377 g/mol. The largest absolute Gasteiger partial charge is 0.392 e. The number of fused-ring (bicyclic) bond motifs is 1. The number of nitrogens with zero attached hydrogens (tertiary/aromatic N) is 3. The van der Waals surface area contributed by atoms with Crippen LogP contribution in [0.25, 0.3) is 6.08 Å². The number of hydrogen-bond donors (Lipinski definition) is 3. The van der Waals surface area contributed by atoms with Crippen LogP contribution in [-0.4, -0.2) is 33.8 Å². The van der Waals surface area contributed by atoms with Gasteiger partial charge in [-0.25, -0.2) is 4.98 Å². The van der Waals surface area contributed by atoms with E-state index in [2.05, 4.69) is 57.0 Å². The van der Waals surface area contributed by atoms with Gasteiger partial charge in [0.2, 0.25) is 5.95 Å². The summed E-state index contributed by atoms with van der Waals surface area (Å²) < 4.78 is 0. The molecule has 1 aromatic carbocycles. The van der Waals surface area contributed by atoms with Crippen molar-refractivity contribution >= 4 is 17.8 Å². The van der Waals surface area contributed by atoms with E-state index in [1.807, 2.05) is 13.8 Å². The molecule has 0 unspecified atom stereocenters. The van der Waals surface area contributed by atoms with Crippen molar-refractivity contribution in [2.45, 2.75) is 45.3 Å². The molecule has 146 valence electrons. The highest BCUT2D eigenvalue weighted by atomic mass is 16.3. The van der Waals surface area contributed by atoms with E-state index >= 15 is 0 Å². The monoisotopic (exact) mass is 377 g/mol. The second-order valence-electron chi connectivity index (χ2n) is 8.19. The van der Waals surface area contributed by atoms with Gasteiger partial charge in [-0.3, -0.25) is 0 Å². The Morgan fingerprint density at radius 2 is 2.18 bits per heavy atom. The standard InChI is InChI=1S/C22H25N5O.H2/c1-22(2)18(11-19(22)28)26-20-17(12-23)13-25-21(27-20)24-8-7-14-9-15-5-3-4-6-16(15)10-14;/h3-6,9,13,18-19,28H,7-8,10-11H2,1-2H3,(H2,24,25,26,27);1H/t18-,19+;/m1./s1. The molecule has 2 aromatic rings. The van der Waals surface area contributed by atoms with Gasteiger partial charge in [0.15, 0.2) is 0 Å². The molecule has 6 nitrogen and oxygen atoms in total. The Bertz CT molecular complexity index is 966. The topological polar surface area (TPSA) is 93.9 Å². The van der Waals surface area contributed by atoms with Gasteiger partial charge in [0.25, 0.3) is 0 Å². The molecule has 0 spiro atoms. The minimum Gasteiger partial charge on any atom is -0.392 e. The fraction of sp³-hybridized carbons (Fsp3) is 0.409. The van der Waals surface area contributed by atoms with Crippen molar-refractivity contribution in [2.24, 2.45) is 5.41 Å². The Kier molecular flexibility index (Phi) is 4.78. The Morgan fingerprint density at radius 1 is 1.36 bits per heavy atom. The fourth-order valence-electron chi connectivity index (χ4n) is 3.82. The van der Waals surface area contributed by atoms with E-state index in [9.17, 15) is 10.4 Å². The lowest BCUT2D eigenvalue weighted by atomic mass is 9.64. The molecule has 0 radical (unpaired) electrons. The summed E-state index contributed by atoms with van der Waals surface area (Å²) in [6.45, 7) is 4.76. The Balaban J connectivity index is 0.00000240. The molecule has 4 rings (SSSR count). The van der Waals surface area contributed by atoms with E-state index in [0.29, 0.717) is 23.8 Å². The number of rotatable bonds is 6. The second-order valence-corrected chi connectivity index (χ2v) is 8.19. The molecule has 1 fully saturated rings. The molecule has 2 aliphatic carbocycles. The summed E-state index contributed by atoms with van der Waals surface area (Å²) in [5, 5.41) is 25.9. The van der Waals surface area contributed by atoms with Crippen LogP contribution in [-0.2, 0) is 6.42 Å². The fourth-order valence-corrected chi connectivity index (χ4v) is 3.82. The first-order chi connectivity index (χ1) is 13.5. The molecular weight excluding hydrogens is 350 g/mol. The minimum atomic E-state index is -0.334. The van der Waals surface area contributed by atoms with E-state index in [1.165, 1.54) is 16.7 Å². The molecule has 0 bridgehead atoms. The van der Waals surface area contributed by atoms with Crippen LogP contribution in [0.5, 0.6) is 0 Å². The van der Waals surface area contributed by atoms with Gasteiger partial charge < -0.3 is 15.7 Å². The zero-order valence-corrected chi connectivity index (χ0v) is 16.2. The normalized spacial score (nSPS) is 21.9. The lowest BCUT2D eigenvalue weighted by molar-refractivity contribution is -0.0511. The van der Waals surface area contributed by atoms with Crippen LogP contribution in [0.2, 0.25) is 0 Å². The third-order valence-electron chi connectivity index (χ3n) is 6.00. The Labute approximate surface area is 166 Å². The van der Waals surface area contributed by atoms with E-state index in [-0.39, 0.29) is 19.0 Å². The zero-order chi connectivity index (χ0) is 19.7. The lowest BCUT2D eigenvalue weighted by Crippen LogP contribution is -2.57. The summed E-state index contributed by atoms with van der Waals surface area (Å²) in [7, 11) is 0. The van der Waals surface area contributed by atoms with Crippen molar-refractivity contribution in [1.82, 2.24) is 9.97 Å². The average Bonchev–Trinajstić information content (AvgIpc) is 3.11. The quantitative estimate of drug-likeness (QED) is 0.712. The van der Waals surface area contributed by atoms with E-state index in [4.69, 9.17) is 0 Å². The van der Waals surface area contributed by atoms with E-state index < -0.39 is 0 Å². The summed E-state index contributed by atoms with van der Waals surface area (Å²) in [5.41, 5.74) is 4.25. The van der Waals surface area contributed by atoms with Gasteiger partial charge in [-0.15, -0.1) is 0 Å². The highest BCUT2D eigenvalue weighted by molar-refractivity contribution is 5.63. The van der Waals surface area contributed by atoms with Crippen molar-refractivity contribution in [3.05, 3.63) is 52.7 Å². The van der Waals surface area contributed by atoms with Crippen molar-refractivity contribution < 1.29 is 6.53 Å². The van der Waals surface area contributed by atoms with Crippen molar-refractivity contribution in [1.29, 1.82) is 5.26 Å². The molecule has 2 atom stereocenters. The number of hydrogen-bond acceptors (Lipinski definition) is 6. The Hall–Kier alpha value is -2.91. The molecule has 2 aliphatic rings. The van der Waals surface area contributed by atoms with Gasteiger partial charge in [-0.1, -0.05) is 49.8 Å². The van der Waals surface area contributed by atoms with Crippen LogP contribution in [0.1, 0.15) is 44.8 Å². The third kappa shape index (κ3) is 3.46. The predicted molar refractivity (Wildman–Crippen MR) is 112 cm³/mol. The molecule has 0 saturated heterocycles. The summed E-state index contributed by atoms with van der Waals surface area (Å²) in [4.78, 5) is 8.77. The van der Waals surface area contributed by atoms with Gasteiger partial charge in [-0.2, -0.15) is 10.2 Å². The highest BCUT2D eigenvalue weighted by Crippen LogP contribution is 2.42. The maximum absolute atomic E-state index is 9.93. The maximum atomic E-state index is 9.93. The van der Waals surface area contributed by atoms with E-state index in [0.717, 1.165) is 19.4 Å². The first-order valence-electron chi connectivity index (χ1n) is 9.70. The van der Waals surface area contributed by atoms with Gasteiger partial charge in [-0.05, 0) is 30.4 Å². The molecular formula is C22H27N5O. The van der Waals surface area contributed by atoms with Crippen LogP contribution in [0.3, 0.4) is 0 Å². The number of nitrogens with one attached hydrogen (secondary N) is 2. The summed E-state index contributed by atoms with van der Waals surface area (Å²) in [6, 6.07) is 10.7. The predicted octanol–water partition coefficient (Wildman–Crippen LogP) is 3.61. The second kappa shape index (κ2) is 7.25. The van der Waals surface area contributed by atoms with Crippen molar-refractivity contribution in [3.63, 3.8) is 0 Å². The Morgan fingerprint density at radius 3 is 2.89 bits per heavy atom. The molecule has 28 heavy (non-hydrogen) atoms. The van der Waals surface area contributed by atoms with Crippen LogP contribution >= 0.6 is 0 Å². The number of aliphatic hydroxyl groups is 1. The number of anilines is 2. The number of aliphatic hydroxyl groups excluding tert-OH is 1. The van der Waals surface area contributed by atoms with Gasteiger partial charge in [0.1, 0.15) is 17.5 Å². The van der Waals surface area contributed by atoms with Crippen LogP contribution in [0.15, 0.2) is 36.0 Å². The van der Waals surface area contributed by atoms with E-state index in [1.54, 1.807) is 6.20 Å². The van der Waals surface area contributed by atoms with Gasteiger partial charge in [0, 0.05) is 19.4 Å². The maximum Gasteiger partial charge on any atom is 0.224 e. The summed E-state index contributed by atoms with van der Waals surface area (Å²) in [5.74, 6) is 1.03. The van der Waals surface area contributed by atoms with Crippen LogP contribution < -0.4 is 10.6 Å². The van der Waals surface area contributed by atoms with Gasteiger partial charge in [0.05, 0.1) is 12.3 Å². The van der Waals surface area contributed by atoms with Crippen molar-refractivity contribution in [2.75, 3.05) is 17.2 Å². The molecule has 0 amide bonds. The molecule has 3 N–H and O–H groups in total. The SMILES string of the molecule is CC1(C)[C@@H](O)C[C@H]1Nc1nc(NCCC2=Cc3ccccc3C2)ncc1C#N.[HH]. The minimum absolute atomic E-state index is 0. The molecule has 1 aromatic heterocycles. The number of aromatic nitrogens is 2. The summed E-state index contributed by atoms with van der Waals surface area (Å²) in [6.07, 6.45) is 6.04. The molecule has 1 saturated carbocycles. The number of nitriles is 1. The highest BCUT2D eigenvalue weighted by Gasteiger charge is 2.47. The first kappa shape index (κ1) is 18.5. The van der Waals surface area contributed by atoms with Crippen molar-refractivity contribution in [3.8, 4) is 6.07 Å². The smallest absolute Gasteiger partial charge is 0.224 e. The van der Waals surface area contributed by atoms with Crippen LogP contribution in [0, 0.1) is 16.7 Å². The lowest BCUT2D eigenvalue weighted by Gasteiger charge is -2.49. The number of benzene rings is 1.